The number of esters is 1. The molecule has 2 aromatic rings. The summed E-state index contributed by atoms with van der Waals surface area (Å²) in [6.07, 6.45) is 0.322. The van der Waals surface area contributed by atoms with Crippen LogP contribution in [0.1, 0.15) is 17.4 Å². The van der Waals surface area contributed by atoms with E-state index in [2.05, 4.69) is 10.3 Å². The first-order chi connectivity index (χ1) is 11.4. The van der Waals surface area contributed by atoms with Gasteiger partial charge >= 0.3 is 5.97 Å². The quantitative estimate of drug-likeness (QED) is 0.816. The number of hydrogen-bond acceptors (Lipinski definition) is 5. The Labute approximate surface area is 148 Å². The molecule has 0 aliphatic carbocycles. The third kappa shape index (κ3) is 4.59. The normalized spacial score (nSPS) is 11.5. The number of nitrogens with zero attached hydrogens (tertiary/aromatic N) is 1. The molecule has 0 aliphatic heterocycles. The molecule has 0 spiro atoms. The summed E-state index contributed by atoms with van der Waals surface area (Å²) >= 11 is 11.7. The Morgan fingerprint density at radius 2 is 1.88 bits per heavy atom. The van der Waals surface area contributed by atoms with Crippen LogP contribution in [0.4, 0.5) is 5.69 Å². The van der Waals surface area contributed by atoms with Gasteiger partial charge in [-0.05, 0) is 37.3 Å². The monoisotopic (exact) mass is 368 g/mol. The second-order valence-corrected chi connectivity index (χ2v) is 5.61. The van der Waals surface area contributed by atoms with Crippen molar-refractivity contribution in [2.24, 2.45) is 0 Å². The Morgan fingerprint density at radius 3 is 2.54 bits per heavy atom. The van der Waals surface area contributed by atoms with E-state index in [4.69, 9.17) is 32.7 Å². The van der Waals surface area contributed by atoms with Crippen LogP contribution < -0.4 is 10.1 Å². The summed E-state index contributed by atoms with van der Waals surface area (Å²) in [6, 6.07) is 7.66. The summed E-state index contributed by atoms with van der Waals surface area (Å²) in [5.74, 6) is -0.855. The zero-order chi connectivity index (χ0) is 17.7. The SMILES string of the molecule is COc1ccc(Cl)cc1NC(=O)[C@H](C)OC(=O)c1cc(Cl)ccn1. The van der Waals surface area contributed by atoms with Crippen LogP contribution in [-0.4, -0.2) is 30.1 Å². The van der Waals surface area contributed by atoms with E-state index >= 15 is 0 Å². The van der Waals surface area contributed by atoms with E-state index in [0.717, 1.165) is 0 Å². The summed E-state index contributed by atoms with van der Waals surface area (Å²) in [7, 11) is 1.47. The van der Waals surface area contributed by atoms with Gasteiger partial charge in [0.05, 0.1) is 12.8 Å². The first kappa shape index (κ1) is 18.0. The highest BCUT2D eigenvalue weighted by atomic mass is 35.5. The van der Waals surface area contributed by atoms with Crippen molar-refractivity contribution in [2.75, 3.05) is 12.4 Å². The molecule has 1 heterocycles. The number of rotatable bonds is 5. The Bertz CT molecular complexity index is 767. The Balaban J connectivity index is 2.05. The molecule has 1 aromatic heterocycles. The molecule has 1 N–H and O–H groups in total. The molecule has 2 rings (SSSR count). The second-order valence-electron chi connectivity index (χ2n) is 4.74. The molecule has 126 valence electrons. The summed E-state index contributed by atoms with van der Waals surface area (Å²) in [6.45, 7) is 1.44. The molecule has 1 aromatic carbocycles. The molecule has 1 amide bonds. The molecule has 8 heteroatoms. The maximum Gasteiger partial charge on any atom is 0.357 e. The molecule has 0 saturated carbocycles. The van der Waals surface area contributed by atoms with Crippen molar-refractivity contribution in [3.63, 3.8) is 0 Å². The van der Waals surface area contributed by atoms with Gasteiger partial charge in [0.2, 0.25) is 0 Å². The van der Waals surface area contributed by atoms with Gasteiger partial charge in [0.1, 0.15) is 11.4 Å². The fourth-order valence-electron chi connectivity index (χ4n) is 1.80. The smallest absolute Gasteiger partial charge is 0.357 e. The van der Waals surface area contributed by atoms with E-state index in [1.165, 1.54) is 38.4 Å². The number of aromatic nitrogens is 1. The lowest BCUT2D eigenvalue weighted by Crippen LogP contribution is -2.30. The number of methoxy groups -OCH3 is 1. The molecule has 0 radical (unpaired) electrons. The predicted octanol–water partition coefficient (Wildman–Crippen LogP) is 3.58. The number of ether oxygens (including phenoxy) is 2. The summed E-state index contributed by atoms with van der Waals surface area (Å²) < 4.78 is 10.2. The van der Waals surface area contributed by atoms with Crippen LogP contribution in [-0.2, 0) is 9.53 Å². The van der Waals surface area contributed by atoms with Crippen molar-refractivity contribution in [1.82, 2.24) is 4.98 Å². The second kappa shape index (κ2) is 7.99. The van der Waals surface area contributed by atoms with Crippen LogP contribution >= 0.6 is 23.2 Å². The van der Waals surface area contributed by atoms with E-state index in [-0.39, 0.29) is 5.69 Å². The highest BCUT2D eigenvalue weighted by molar-refractivity contribution is 6.31. The minimum absolute atomic E-state index is 0.0162. The summed E-state index contributed by atoms with van der Waals surface area (Å²) in [4.78, 5) is 28.0. The van der Waals surface area contributed by atoms with Crippen LogP contribution in [0.15, 0.2) is 36.5 Å². The third-order valence-electron chi connectivity index (χ3n) is 3.00. The van der Waals surface area contributed by atoms with Crippen molar-refractivity contribution < 1.29 is 19.1 Å². The van der Waals surface area contributed by atoms with Crippen molar-refractivity contribution in [1.29, 1.82) is 0 Å². The number of amides is 1. The largest absolute Gasteiger partial charge is 0.495 e. The average Bonchev–Trinajstić information content (AvgIpc) is 2.55. The summed E-state index contributed by atoms with van der Waals surface area (Å²) in [5, 5.41) is 3.37. The van der Waals surface area contributed by atoms with Crippen LogP contribution in [0, 0.1) is 0 Å². The molecule has 0 unspecified atom stereocenters. The Hall–Kier alpha value is -2.31. The van der Waals surface area contributed by atoms with Gasteiger partial charge in [-0.3, -0.25) is 4.79 Å². The minimum atomic E-state index is -1.05. The molecule has 0 bridgehead atoms. The highest BCUT2D eigenvalue weighted by Crippen LogP contribution is 2.27. The molecule has 0 aliphatic rings. The van der Waals surface area contributed by atoms with Crippen LogP contribution in [0.2, 0.25) is 10.0 Å². The Morgan fingerprint density at radius 1 is 1.17 bits per heavy atom. The first-order valence-electron chi connectivity index (χ1n) is 6.87. The van der Waals surface area contributed by atoms with E-state index in [1.807, 2.05) is 0 Å². The van der Waals surface area contributed by atoms with E-state index in [9.17, 15) is 9.59 Å². The maximum atomic E-state index is 12.2. The van der Waals surface area contributed by atoms with Crippen molar-refractivity contribution in [3.8, 4) is 5.75 Å². The van der Waals surface area contributed by atoms with Gasteiger partial charge in [0, 0.05) is 16.2 Å². The number of anilines is 1. The Kier molecular flexibility index (Phi) is 6.00. The van der Waals surface area contributed by atoms with E-state index < -0.39 is 18.0 Å². The van der Waals surface area contributed by atoms with Crippen LogP contribution in [0.5, 0.6) is 5.75 Å². The van der Waals surface area contributed by atoms with Gasteiger partial charge in [-0.15, -0.1) is 0 Å². The van der Waals surface area contributed by atoms with Gasteiger partial charge in [-0.2, -0.15) is 0 Å². The molecular weight excluding hydrogens is 355 g/mol. The molecule has 1 atom stereocenters. The lowest BCUT2D eigenvalue weighted by atomic mass is 10.2. The zero-order valence-corrected chi connectivity index (χ0v) is 14.4. The van der Waals surface area contributed by atoms with Gasteiger partial charge < -0.3 is 14.8 Å². The average molecular weight is 369 g/mol. The first-order valence-corrected chi connectivity index (χ1v) is 7.63. The number of carbonyl (C=O) groups is 2. The number of halogens is 2. The highest BCUT2D eigenvalue weighted by Gasteiger charge is 2.21. The zero-order valence-electron chi connectivity index (χ0n) is 12.9. The fraction of sp³-hybridized carbons (Fsp3) is 0.188. The van der Waals surface area contributed by atoms with Gasteiger partial charge in [0.25, 0.3) is 5.91 Å². The standard InChI is InChI=1S/C16H14Cl2N2O4/c1-9(24-16(22)13-8-11(18)5-6-19-13)15(21)20-12-7-10(17)3-4-14(12)23-2/h3-9H,1-2H3,(H,20,21)/t9-/m0/s1. The third-order valence-corrected chi connectivity index (χ3v) is 3.47. The number of carbonyl (C=O) groups excluding carboxylic acids is 2. The van der Waals surface area contributed by atoms with Gasteiger partial charge in [-0.1, -0.05) is 23.2 Å². The number of pyridine rings is 1. The lowest BCUT2D eigenvalue weighted by molar-refractivity contribution is -0.123. The number of hydrogen-bond donors (Lipinski definition) is 1. The predicted molar refractivity (Wildman–Crippen MR) is 90.8 cm³/mol. The van der Waals surface area contributed by atoms with Gasteiger partial charge in [-0.25, -0.2) is 9.78 Å². The molecule has 6 nitrogen and oxygen atoms in total. The lowest BCUT2D eigenvalue weighted by Gasteiger charge is -2.15. The van der Waals surface area contributed by atoms with Crippen molar-refractivity contribution >= 4 is 40.8 Å². The molecule has 24 heavy (non-hydrogen) atoms. The topological polar surface area (TPSA) is 77.5 Å². The summed E-state index contributed by atoms with van der Waals surface area (Å²) in [5.41, 5.74) is 0.390. The van der Waals surface area contributed by atoms with Crippen LogP contribution in [0.3, 0.4) is 0 Å². The molecule has 0 saturated heterocycles. The molecular formula is C16H14Cl2N2O4. The van der Waals surface area contributed by atoms with Gasteiger partial charge in [0.15, 0.2) is 6.10 Å². The number of nitrogens with one attached hydrogen (secondary N) is 1. The van der Waals surface area contributed by atoms with Crippen molar-refractivity contribution in [2.45, 2.75) is 13.0 Å². The minimum Gasteiger partial charge on any atom is -0.495 e. The maximum absolute atomic E-state index is 12.2. The van der Waals surface area contributed by atoms with Crippen molar-refractivity contribution in [3.05, 3.63) is 52.3 Å². The number of benzene rings is 1. The molecule has 0 fully saturated rings. The van der Waals surface area contributed by atoms with E-state index in [1.54, 1.807) is 12.1 Å². The van der Waals surface area contributed by atoms with E-state index in [0.29, 0.717) is 21.5 Å². The fourth-order valence-corrected chi connectivity index (χ4v) is 2.13. The van der Waals surface area contributed by atoms with Crippen LogP contribution in [0.25, 0.3) is 0 Å².